The van der Waals surface area contributed by atoms with Gasteiger partial charge in [-0.15, -0.1) is 0 Å². The van der Waals surface area contributed by atoms with Crippen LogP contribution in [0.1, 0.15) is 0 Å². The molecule has 52 heavy (non-hydrogen) atoms. The molecule has 12 rings (SSSR count). The Morgan fingerprint density at radius 1 is 0.212 bits per heavy atom. The van der Waals surface area contributed by atoms with Crippen LogP contribution >= 0.6 is 0 Å². The first-order valence-corrected chi connectivity index (χ1v) is 18.2. The van der Waals surface area contributed by atoms with Crippen LogP contribution in [0.15, 0.2) is 182 Å². The van der Waals surface area contributed by atoms with Crippen molar-refractivity contribution in [2.24, 2.45) is 0 Å². The fraction of sp³-hybridized carbons (Fsp3) is 0. The van der Waals surface area contributed by atoms with Crippen molar-refractivity contribution in [3.8, 4) is 77.9 Å². The van der Waals surface area contributed by atoms with Gasteiger partial charge in [0.1, 0.15) is 0 Å². The van der Waals surface area contributed by atoms with Crippen LogP contribution in [0.25, 0.3) is 121 Å². The molecule has 2 aliphatic rings. The molecule has 0 saturated carbocycles. The number of hydrogen-bond donors (Lipinski definition) is 0. The zero-order valence-corrected chi connectivity index (χ0v) is 28.3. The Labute approximate surface area is 301 Å². The molecule has 0 fully saturated rings. The summed E-state index contributed by atoms with van der Waals surface area (Å²) >= 11 is 0. The van der Waals surface area contributed by atoms with Gasteiger partial charge in [0.25, 0.3) is 0 Å². The van der Waals surface area contributed by atoms with Gasteiger partial charge in [-0.1, -0.05) is 170 Å². The second kappa shape index (κ2) is 10.4. The lowest BCUT2D eigenvalue weighted by atomic mass is 9.85. The largest absolute Gasteiger partial charge is 0.0622 e. The van der Waals surface area contributed by atoms with Crippen LogP contribution in [-0.2, 0) is 0 Å². The molecule has 238 valence electrons. The summed E-state index contributed by atoms with van der Waals surface area (Å²) in [5, 5.41) is 10.5. The van der Waals surface area contributed by atoms with E-state index in [1.54, 1.807) is 0 Å². The molecule has 0 atom stereocenters. The van der Waals surface area contributed by atoms with Gasteiger partial charge in [0.05, 0.1) is 0 Å². The highest BCUT2D eigenvalue weighted by atomic mass is 14.3. The highest BCUT2D eigenvalue weighted by molar-refractivity contribution is 6.30. The minimum Gasteiger partial charge on any atom is -0.0622 e. The van der Waals surface area contributed by atoms with Gasteiger partial charge in [-0.2, -0.15) is 0 Å². The molecule has 0 aromatic heterocycles. The molecule has 10 aromatic rings. The van der Waals surface area contributed by atoms with Gasteiger partial charge in [-0.05, 0) is 133 Å². The van der Waals surface area contributed by atoms with Crippen LogP contribution < -0.4 is 0 Å². The molecule has 0 bridgehead atoms. The normalized spacial score (nSPS) is 12.2. The molecule has 10 aromatic carbocycles. The SMILES string of the molecule is c1ccc(-c2ccc(-c3ccccc3)c3c2-c2cccc4c(-c5c6ccccc6cc6c5cc5c7c(cccc76)-c6ccccc6-5)ccc-3c24)cc1. The van der Waals surface area contributed by atoms with E-state index < -0.39 is 0 Å². The smallest absolute Gasteiger partial charge is 0.00139 e. The Bertz CT molecular complexity index is 3080. The van der Waals surface area contributed by atoms with Crippen molar-refractivity contribution in [2.75, 3.05) is 0 Å². The Hall–Kier alpha value is -6.76. The lowest BCUT2D eigenvalue weighted by molar-refractivity contribution is 1.59. The maximum atomic E-state index is 2.49. The first-order valence-electron chi connectivity index (χ1n) is 18.2. The molecule has 0 heterocycles. The van der Waals surface area contributed by atoms with Crippen molar-refractivity contribution >= 4 is 43.1 Å². The monoisotopic (exact) mass is 654 g/mol. The van der Waals surface area contributed by atoms with Crippen molar-refractivity contribution in [3.63, 3.8) is 0 Å². The van der Waals surface area contributed by atoms with E-state index in [0.717, 1.165) is 0 Å². The molecule has 0 saturated heterocycles. The minimum absolute atomic E-state index is 1.24. The lowest BCUT2D eigenvalue weighted by Gasteiger charge is -2.18. The molecular formula is C52H30. The third-order valence-corrected chi connectivity index (χ3v) is 11.7. The van der Waals surface area contributed by atoms with Crippen molar-refractivity contribution in [2.45, 2.75) is 0 Å². The number of rotatable bonds is 3. The molecule has 0 radical (unpaired) electrons. The van der Waals surface area contributed by atoms with E-state index in [2.05, 4.69) is 182 Å². The highest BCUT2D eigenvalue weighted by Gasteiger charge is 2.30. The van der Waals surface area contributed by atoms with Crippen LogP contribution in [-0.4, -0.2) is 0 Å². The molecule has 0 nitrogen and oxygen atoms in total. The molecule has 2 aliphatic carbocycles. The summed E-state index contributed by atoms with van der Waals surface area (Å²) in [6.45, 7) is 0. The zero-order chi connectivity index (χ0) is 33.9. The van der Waals surface area contributed by atoms with Crippen LogP contribution in [0.3, 0.4) is 0 Å². The van der Waals surface area contributed by atoms with Crippen molar-refractivity contribution < 1.29 is 0 Å². The van der Waals surface area contributed by atoms with E-state index >= 15 is 0 Å². The standard InChI is InChI=1S/C52H30/c1-3-13-31(14-4-1)35-25-26-36(32-15-5-2-6-16-32)52-44-28-27-42(40-22-12-24-43(50(40)44)51(35)52)48-34-18-8-7-17-33(34)29-45-41-23-11-21-39-37-19-9-10-20-38(37)46(49(39)41)30-47(45)48/h1-30H. The summed E-state index contributed by atoms with van der Waals surface area (Å²) in [6, 6.07) is 67.9. The second-order valence-electron chi connectivity index (χ2n) is 14.3. The number of benzene rings is 10. The molecular weight excluding hydrogens is 625 g/mol. The van der Waals surface area contributed by atoms with Crippen LogP contribution in [0, 0.1) is 0 Å². The predicted octanol–water partition coefficient (Wildman–Crippen LogP) is 14.6. The lowest BCUT2D eigenvalue weighted by Crippen LogP contribution is -1.90. The predicted molar refractivity (Wildman–Crippen MR) is 222 cm³/mol. The van der Waals surface area contributed by atoms with Crippen LogP contribution in [0.5, 0.6) is 0 Å². The number of hydrogen-bond acceptors (Lipinski definition) is 0. The summed E-state index contributed by atoms with van der Waals surface area (Å²) in [5.74, 6) is 0. The van der Waals surface area contributed by atoms with Gasteiger partial charge in [0, 0.05) is 0 Å². The Kier molecular flexibility index (Phi) is 5.59. The van der Waals surface area contributed by atoms with Crippen LogP contribution in [0.4, 0.5) is 0 Å². The second-order valence-corrected chi connectivity index (χ2v) is 14.3. The summed E-state index contributed by atoms with van der Waals surface area (Å²) in [7, 11) is 0. The summed E-state index contributed by atoms with van der Waals surface area (Å²) in [6.07, 6.45) is 0. The van der Waals surface area contributed by atoms with E-state index in [-0.39, 0.29) is 0 Å². The molecule has 0 amide bonds. The topological polar surface area (TPSA) is 0 Å². The third-order valence-electron chi connectivity index (χ3n) is 11.7. The molecule has 0 heteroatoms. The molecule has 0 aliphatic heterocycles. The maximum Gasteiger partial charge on any atom is -0.00139 e. The quantitative estimate of drug-likeness (QED) is 0.131. The average molecular weight is 655 g/mol. The first-order chi connectivity index (χ1) is 25.8. The van der Waals surface area contributed by atoms with E-state index in [9.17, 15) is 0 Å². The van der Waals surface area contributed by atoms with Gasteiger partial charge in [-0.3, -0.25) is 0 Å². The van der Waals surface area contributed by atoms with Gasteiger partial charge in [0.15, 0.2) is 0 Å². The fourth-order valence-electron chi connectivity index (χ4n) is 9.62. The average Bonchev–Trinajstić information content (AvgIpc) is 3.73. The highest BCUT2D eigenvalue weighted by Crippen LogP contribution is 2.57. The van der Waals surface area contributed by atoms with Gasteiger partial charge in [0.2, 0.25) is 0 Å². The maximum absolute atomic E-state index is 2.49. The third kappa shape index (κ3) is 3.66. The Morgan fingerprint density at radius 2 is 0.712 bits per heavy atom. The molecule has 0 spiro atoms. The molecule has 0 unspecified atom stereocenters. The van der Waals surface area contributed by atoms with E-state index in [1.807, 2.05) is 0 Å². The van der Waals surface area contributed by atoms with Crippen molar-refractivity contribution in [1.82, 2.24) is 0 Å². The number of fused-ring (bicyclic) bond motifs is 9. The van der Waals surface area contributed by atoms with E-state index in [0.29, 0.717) is 0 Å². The minimum atomic E-state index is 1.24. The first kappa shape index (κ1) is 28.0. The van der Waals surface area contributed by atoms with E-state index in [4.69, 9.17) is 0 Å². The Morgan fingerprint density at radius 3 is 1.44 bits per heavy atom. The summed E-state index contributed by atoms with van der Waals surface area (Å²) in [4.78, 5) is 0. The van der Waals surface area contributed by atoms with Gasteiger partial charge in [-0.25, -0.2) is 0 Å². The van der Waals surface area contributed by atoms with Crippen molar-refractivity contribution in [1.29, 1.82) is 0 Å². The Balaban J connectivity index is 1.21. The van der Waals surface area contributed by atoms with Gasteiger partial charge < -0.3 is 0 Å². The van der Waals surface area contributed by atoms with E-state index in [1.165, 1.54) is 121 Å². The van der Waals surface area contributed by atoms with Crippen LogP contribution in [0.2, 0.25) is 0 Å². The zero-order valence-electron chi connectivity index (χ0n) is 28.3. The van der Waals surface area contributed by atoms with Gasteiger partial charge >= 0.3 is 0 Å². The fourth-order valence-corrected chi connectivity index (χ4v) is 9.62. The molecule has 0 N–H and O–H groups in total. The van der Waals surface area contributed by atoms with Crippen molar-refractivity contribution in [3.05, 3.63) is 182 Å². The summed E-state index contributed by atoms with van der Waals surface area (Å²) in [5.41, 5.74) is 18.3. The summed E-state index contributed by atoms with van der Waals surface area (Å²) < 4.78 is 0.